The van der Waals surface area contributed by atoms with Gasteiger partial charge in [-0.25, -0.2) is 0 Å². The van der Waals surface area contributed by atoms with Crippen LogP contribution >= 0.6 is 0 Å². The maximum absolute atomic E-state index is 12.8. The highest BCUT2D eigenvalue weighted by molar-refractivity contribution is 5.71. The van der Waals surface area contributed by atoms with Crippen LogP contribution in [0.4, 0.5) is 0 Å². The molecule has 1 atom stereocenters. The van der Waals surface area contributed by atoms with Crippen LogP contribution in [0, 0.1) is 0 Å². The normalized spacial score (nSPS) is 12.4. The highest BCUT2D eigenvalue weighted by atomic mass is 16.6. The Morgan fingerprint density at radius 1 is 0.339 bits per heavy atom. The van der Waals surface area contributed by atoms with Gasteiger partial charge in [0.1, 0.15) is 13.2 Å². The fraction of sp³-hybridized carbons (Fsp3) is 0.804. The SMILES string of the molecule is CC/C=C\C/C=C\C/C=C\CCCCCCCC(=O)O[C@@H](COC(=O)CCCCCCC/C=C\CCCC)COC(=O)CCCCCCCCCCCCCCCCCCCC. The van der Waals surface area contributed by atoms with Crippen LogP contribution in [0.5, 0.6) is 0 Å². The molecule has 0 N–H and O–H groups in total. The molecule has 0 radical (unpaired) electrons. The zero-order chi connectivity index (χ0) is 45.1. The number of esters is 3. The molecule has 6 nitrogen and oxygen atoms in total. The summed E-state index contributed by atoms with van der Waals surface area (Å²) in [5.41, 5.74) is 0. The van der Waals surface area contributed by atoms with E-state index < -0.39 is 6.10 Å². The predicted octanol–water partition coefficient (Wildman–Crippen LogP) is 17.5. The molecule has 0 aromatic heterocycles. The van der Waals surface area contributed by atoms with Crippen molar-refractivity contribution in [3.05, 3.63) is 48.6 Å². The standard InChI is InChI=1S/C56H100O6/c1-4-7-10-13-16-19-22-24-26-27-28-30-31-34-37-40-43-46-49-55(58)61-52-53(51-60-54(57)48-45-42-39-36-33-21-18-15-12-9-6-3)62-56(59)50-47-44-41-38-35-32-29-25-23-20-17-14-11-8-5-2/h8,11,15,17-18,20,25,29,53H,4-7,9-10,12-14,16,19,21-24,26-28,30-52H2,1-3H3/b11-8-,18-15-,20-17-,29-25-/t53-/m0/s1. The Bertz CT molecular complexity index is 1090. The van der Waals surface area contributed by atoms with Crippen molar-refractivity contribution >= 4 is 17.9 Å². The highest BCUT2D eigenvalue weighted by Crippen LogP contribution is 2.16. The first-order valence-electron chi connectivity index (χ1n) is 26.6. The molecule has 0 aliphatic carbocycles. The third-order valence-corrected chi connectivity index (χ3v) is 11.6. The molecule has 62 heavy (non-hydrogen) atoms. The van der Waals surface area contributed by atoms with Crippen molar-refractivity contribution in [2.75, 3.05) is 13.2 Å². The molecule has 0 aromatic rings. The van der Waals surface area contributed by atoms with Gasteiger partial charge in [-0.3, -0.25) is 14.4 Å². The van der Waals surface area contributed by atoms with Crippen molar-refractivity contribution in [2.45, 2.75) is 277 Å². The van der Waals surface area contributed by atoms with Gasteiger partial charge in [0.25, 0.3) is 0 Å². The van der Waals surface area contributed by atoms with Crippen LogP contribution in [0.3, 0.4) is 0 Å². The van der Waals surface area contributed by atoms with Crippen LogP contribution in [-0.4, -0.2) is 37.2 Å². The molecule has 0 aliphatic rings. The Balaban J connectivity index is 4.34. The largest absolute Gasteiger partial charge is 0.462 e. The molecular weight excluding hydrogens is 769 g/mol. The lowest BCUT2D eigenvalue weighted by Crippen LogP contribution is -2.30. The summed E-state index contributed by atoms with van der Waals surface area (Å²) in [4.78, 5) is 38.0. The van der Waals surface area contributed by atoms with E-state index in [1.165, 1.54) is 128 Å². The Morgan fingerprint density at radius 2 is 0.645 bits per heavy atom. The van der Waals surface area contributed by atoms with E-state index in [1.807, 2.05) is 0 Å². The Kier molecular flexibility index (Phi) is 48.8. The van der Waals surface area contributed by atoms with Crippen LogP contribution in [-0.2, 0) is 28.6 Å². The first-order valence-corrected chi connectivity index (χ1v) is 26.6. The van der Waals surface area contributed by atoms with E-state index in [2.05, 4.69) is 69.4 Å². The molecule has 0 heterocycles. The van der Waals surface area contributed by atoms with Gasteiger partial charge in [-0.1, -0.05) is 230 Å². The summed E-state index contributed by atoms with van der Waals surface area (Å²) in [6.45, 7) is 6.49. The summed E-state index contributed by atoms with van der Waals surface area (Å²) < 4.78 is 16.8. The van der Waals surface area contributed by atoms with Gasteiger partial charge in [0.05, 0.1) is 0 Å². The van der Waals surface area contributed by atoms with Crippen LogP contribution in [0.15, 0.2) is 48.6 Å². The molecule has 0 saturated carbocycles. The van der Waals surface area contributed by atoms with Crippen molar-refractivity contribution < 1.29 is 28.6 Å². The summed E-state index contributed by atoms with van der Waals surface area (Å²) in [5.74, 6) is -0.899. The average Bonchev–Trinajstić information content (AvgIpc) is 3.27. The monoisotopic (exact) mass is 869 g/mol. The number of carbonyl (C=O) groups excluding carboxylic acids is 3. The lowest BCUT2D eigenvalue weighted by Gasteiger charge is -2.18. The number of hydrogen-bond donors (Lipinski definition) is 0. The van der Waals surface area contributed by atoms with Crippen LogP contribution in [0.25, 0.3) is 0 Å². The van der Waals surface area contributed by atoms with Gasteiger partial charge in [-0.15, -0.1) is 0 Å². The van der Waals surface area contributed by atoms with Gasteiger partial charge in [0, 0.05) is 19.3 Å². The number of allylic oxidation sites excluding steroid dienone is 8. The van der Waals surface area contributed by atoms with Crippen LogP contribution in [0.2, 0.25) is 0 Å². The molecular formula is C56H100O6. The van der Waals surface area contributed by atoms with Gasteiger partial charge in [0.2, 0.25) is 0 Å². The first kappa shape index (κ1) is 59.4. The first-order chi connectivity index (χ1) is 30.5. The summed E-state index contributed by atoms with van der Waals surface area (Å²) >= 11 is 0. The van der Waals surface area contributed by atoms with E-state index in [-0.39, 0.29) is 31.1 Å². The summed E-state index contributed by atoms with van der Waals surface area (Å²) in [6, 6.07) is 0. The summed E-state index contributed by atoms with van der Waals surface area (Å²) in [5, 5.41) is 0. The van der Waals surface area contributed by atoms with E-state index in [0.29, 0.717) is 19.3 Å². The van der Waals surface area contributed by atoms with Crippen LogP contribution in [0.1, 0.15) is 271 Å². The lowest BCUT2D eigenvalue weighted by atomic mass is 10.0. The Labute approximate surface area is 384 Å². The van der Waals surface area contributed by atoms with Gasteiger partial charge >= 0.3 is 17.9 Å². The minimum absolute atomic E-state index is 0.0804. The smallest absolute Gasteiger partial charge is 0.306 e. The van der Waals surface area contributed by atoms with Gasteiger partial charge in [-0.05, 0) is 70.6 Å². The average molecular weight is 869 g/mol. The van der Waals surface area contributed by atoms with Gasteiger partial charge in [0.15, 0.2) is 6.10 Å². The van der Waals surface area contributed by atoms with Crippen molar-refractivity contribution in [3.8, 4) is 0 Å². The number of rotatable bonds is 48. The number of unbranched alkanes of at least 4 members (excludes halogenated alkanes) is 29. The molecule has 0 rings (SSSR count). The van der Waals surface area contributed by atoms with E-state index in [1.54, 1.807) is 0 Å². The second kappa shape index (κ2) is 51.0. The molecule has 0 unspecified atom stereocenters. The maximum Gasteiger partial charge on any atom is 0.306 e. The van der Waals surface area contributed by atoms with E-state index in [4.69, 9.17) is 14.2 Å². The third-order valence-electron chi connectivity index (χ3n) is 11.6. The molecule has 6 heteroatoms. The quantitative estimate of drug-likeness (QED) is 0.0262. The molecule has 0 saturated heterocycles. The summed E-state index contributed by atoms with van der Waals surface area (Å²) in [6.07, 6.45) is 61.0. The zero-order valence-corrected chi connectivity index (χ0v) is 41.1. The predicted molar refractivity (Wildman–Crippen MR) is 265 cm³/mol. The molecule has 0 bridgehead atoms. The van der Waals surface area contributed by atoms with E-state index >= 15 is 0 Å². The molecule has 0 aliphatic heterocycles. The third kappa shape index (κ3) is 48.4. The van der Waals surface area contributed by atoms with Crippen molar-refractivity contribution in [3.63, 3.8) is 0 Å². The van der Waals surface area contributed by atoms with Gasteiger partial charge < -0.3 is 14.2 Å². The topological polar surface area (TPSA) is 78.9 Å². The number of ether oxygens (including phenoxy) is 3. The number of hydrogen-bond acceptors (Lipinski definition) is 6. The minimum atomic E-state index is -0.782. The zero-order valence-electron chi connectivity index (χ0n) is 41.1. The van der Waals surface area contributed by atoms with Crippen molar-refractivity contribution in [2.24, 2.45) is 0 Å². The molecule has 360 valence electrons. The lowest BCUT2D eigenvalue weighted by molar-refractivity contribution is -0.167. The summed E-state index contributed by atoms with van der Waals surface area (Å²) in [7, 11) is 0. The Morgan fingerprint density at radius 3 is 1.05 bits per heavy atom. The fourth-order valence-electron chi connectivity index (χ4n) is 7.56. The van der Waals surface area contributed by atoms with Crippen molar-refractivity contribution in [1.29, 1.82) is 0 Å². The van der Waals surface area contributed by atoms with Crippen LogP contribution < -0.4 is 0 Å². The highest BCUT2D eigenvalue weighted by Gasteiger charge is 2.19. The van der Waals surface area contributed by atoms with E-state index in [0.717, 1.165) is 103 Å². The molecule has 0 aromatic carbocycles. The molecule has 0 fully saturated rings. The molecule has 0 amide bonds. The van der Waals surface area contributed by atoms with Crippen molar-refractivity contribution in [1.82, 2.24) is 0 Å². The second-order valence-corrected chi connectivity index (χ2v) is 17.8. The minimum Gasteiger partial charge on any atom is -0.462 e. The second-order valence-electron chi connectivity index (χ2n) is 17.8. The Hall–Kier alpha value is -2.63. The maximum atomic E-state index is 12.8. The molecule has 0 spiro atoms. The van der Waals surface area contributed by atoms with Gasteiger partial charge in [-0.2, -0.15) is 0 Å². The number of carbonyl (C=O) groups is 3. The van der Waals surface area contributed by atoms with E-state index in [9.17, 15) is 14.4 Å². The fourth-order valence-corrected chi connectivity index (χ4v) is 7.56.